The Kier molecular flexibility index (Phi) is 8.23. The molecule has 0 amide bonds. The van der Waals surface area contributed by atoms with E-state index in [4.69, 9.17) is 14.5 Å². The molecule has 0 aliphatic rings. The van der Waals surface area contributed by atoms with Crippen LogP contribution in [-0.4, -0.2) is 17.7 Å². The third kappa shape index (κ3) is 6.37. The summed E-state index contributed by atoms with van der Waals surface area (Å²) >= 11 is 0. The molecule has 0 aliphatic heterocycles. The lowest BCUT2D eigenvalue weighted by Crippen LogP contribution is -2.11. The summed E-state index contributed by atoms with van der Waals surface area (Å²) in [4.78, 5) is 16.4. The Balaban J connectivity index is 1.98. The summed E-state index contributed by atoms with van der Waals surface area (Å²) in [6, 6.07) is 9.59. The van der Waals surface area contributed by atoms with Gasteiger partial charge >= 0.3 is 6.16 Å². The van der Waals surface area contributed by atoms with E-state index in [-0.39, 0.29) is 0 Å². The zero-order valence-corrected chi connectivity index (χ0v) is 15.4. The van der Waals surface area contributed by atoms with Crippen molar-refractivity contribution in [3.05, 3.63) is 36.0 Å². The van der Waals surface area contributed by atoms with Gasteiger partial charge in [0, 0.05) is 17.1 Å². The maximum atomic E-state index is 11.7. The van der Waals surface area contributed by atoms with Crippen molar-refractivity contribution in [3.8, 4) is 5.75 Å². The van der Waals surface area contributed by atoms with Crippen LogP contribution in [0.15, 0.2) is 30.3 Å². The van der Waals surface area contributed by atoms with Gasteiger partial charge in [-0.3, -0.25) is 4.98 Å². The summed E-state index contributed by atoms with van der Waals surface area (Å²) in [6.07, 6.45) is 9.10. The van der Waals surface area contributed by atoms with Crippen LogP contribution in [0.25, 0.3) is 10.9 Å². The molecule has 4 nitrogen and oxygen atoms in total. The van der Waals surface area contributed by atoms with Crippen molar-refractivity contribution in [2.45, 2.75) is 65.2 Å². The summed E-state index contributed by atoms with van der Waals surface area (Å²) in [7, 11) is 0. The second-order valence-electron chi connectivity index (χ2n) is 6.29. The highest BCUT2D eigenvalue weighted by atomic mass is 16.7. The van der Waals surface area contributed by atoms with Gasteiger partial charge in [-0.25, -0.2) is 4.79 Å². The first-order chi connectivity index (χ1) is 12.2. The lowest BCUT2D eigenvalue weighted by molar-refractivity contribution is 0.105. The molecule has 0 spiro atoms. The smallest absolute Gasteiger partial charge is 0.434 e. The molecule has 0 saturated carbocycles. The molecule has 4 heteroatoms. The number of nitrogens with zero attached hydrogens (tertiary/aromatic N) is 1. The number of ether oxygens (including phenoxy) is 2. The SMILES string of the molecule is CCCCCCCCCc1cc(OC(=O)OCC)c2ccccc2n1. The molecular weight excluding hydrogens is 314 g/mol. The predicted molar refractivity (Wildman–Crippen MR) is 101 cm³/mol. The number of aryl methyl sites for hydroxylation is 1. The zero-order chi connectivity index (χ0) is 17.9. The Morgan fingerprint density at radius 1 is 1.00 bits per heavy atom. The minimum atomic E-state index is -0.666. The van der Waals surface area contributed by atoms with Crippen LogP contribution in [0.4, 0.5) is 4.79 Å². The Hall–Kier alpha value is -2.10. The molecule has 0 saturated heterocycles. The minimum absolute atomic E-state index is 0.298. The molecule has 0 bridgehead atoms. The van der Waals surface area contributed by atoms with Crippen molar-refractivity contribution >= 4 is 17.1 Å². The van der Waals surface area contributed by atoms with E-state index in [1.54, 1.807) is 6.92 Å². The minimum Gasteiger partial charge on any atom is -0.434 e. The molecule has 0 radical (unpaired) electrons. The third-order valence-electron chi connectivity index (χ3n) is 4.22. The van der Waals surface area contributed by atoms with Crippen LogP contribution in [-0.2, 0) is 11.2 Å². The molecule has 2 aromatic rings. The number of benzene rings is 1. The average molecular weight is 343 g/mol. The normalized spacial score (nSPS) is 10.8. The lowest BCUT2D eigenvalue weighted by Gasteiger charge is -2.10. The van der Waals surface area contributed by atoms with Crippen molar-refractivity contribution in [3.63, 3.8) is 0 Å². The van der Waals surface area contributed by atoms with Gasteiger partial charge < -0.3 is 9.47 Å². The number of hydrogen-bond donors (Lipinski definition) is 0. The third-order valence-corrected chi connectivity index (χ3v) is 4.22. The van der Waals surface area contributed by atoms with E-state index in [0.29, 0.717) is 12.4 Å². The fourth-order valence-corrected chi connectivity index (χ4v) is 2.91. The van der Waals surface area contributed by atoms with Crippen LogP contribution in [0.3, 0.4) is 0 Å². The number of carbonyl (C=O) groups excluding carboxylic acids is 1. The highest BCUT2D eigenvalue weighted by Gasteiger charge is 2.11. The standard InChI is InChI=1S/C21H29NO3/c1-3-5-6-7-8-9-10-13-17-16-20(25-21(23)24-4-2)18-14-11-12-15-19(18)22-17/h11-12,14-16H,3-10,13H2,1-2H3. The van der Waals surface area contributed by atoms with Gasteiger partial charge in [0.1, 0.15) is 5.75 Å². The van der Waals surface area contributed by atoms with Crippen LogP contribution in [0.1, 0.15) is 64.5 Å². The van der Waals surface area contributed by atoms with Gasteiger partial charge in [0.25, 0.3) is 0 Å². The molecule has 1 aromatic carbocycles. The fourth-order valence-electron chi connectivity index (χ4n) is 2.91. The van der Waals surface area contributed by atoms with Gasteiger partial charge in [0.15, 0.2) is 0 Å². The van der Waals surface area contributed by atoms with Crippen molar-refractivity contribution in [1.82, 2.24) is 4.98 Å². The quantitative estimate of drug-likeness (QED) is 0.388. The highest BCUT2D eigenvalue weighted by molar-refractivity contribution is 5.87. The van der Waals surface area contributed by atoms with Gasteiger partial charge in [-0.1, -0.05) is 57.6 Å². The molecular formula is C21H29NO3. The van der Waals surface area contributed by atoms with Gasteiger partial charge in [0.05, 0.1) is 12.1 Å². The zero-order valence-electron chi connectivity index (χ0n) is 15.4. The molecule has 0 fully saturated rings. The molecule has 0 unspecified atom stereocenters. The second kappa shape index (κ2) is 10.7. The number of rotatable bonds is 10. The maximum absolute atomic E-state index is 11.7. The molecule has 2 rings (SSSR count). The van der Waals surface area contributed by atoms with Gasteiger partial charge in [0.2, 0.25) is 0 Å². The summed E-state index contributed by atoms with van der Waals surface area (Å²) in [5.74, 6) is 0.530. The average Bonchev–Trinajstić information content (AvgIpc) is 2.61. The Labute approximate surface area is 150 Å². The Bertz CT molecular complexity index is 669. The molecule has 1 heterocycles. The number of pyridine rings is 1. The molecule has 1 aromatic heterocycles. The van der Waals surface area contributed by atoms with Gasteiger partial charge in [-0.15, -0.1) is 0 Å². The van der Waals surface area contributed by atoms with E-state index in [1.165, 1.54) is 38.5 Å². The number of para-hydroxylation sites is 1. The molecule has 0 aliphatic carbocycles. The van der Waals surface area contributed by atoms with Crippen LogP contribution in [0.5, 0.6) is 5.75 Å². The Morgan fingerprint density at radius 2 is 1.72 bits per heavy atom. The highest BCUT2D eigenvalue weighted by Crippen LogP contribution is 2.26. The first-order valence-electron chi connectivity index (χ1n) is 9.47. The summed E-state index contributed by atoms with van der Waals surface area (Å²) in [5.41, 5.74) is 1.81. The van der Waals surface area contributed by atoms with Crippen LogP contribution in [0.2, 0.25) is 0 Å². The van der Waals surface area contributed by atoms with Gasteiger partial charge in [-0.05, 0) is 31.9 Å². The van der Waals surface area contributed by atoms with E-state index >= 15 is 0 Å². The number of fused-ring (bicyclic) bond motifs is 1. The summed E-state index contributed by atoms with van der Waals surface area (Å²) < 4.78 is 10.3. The van der Waals surface area contributed by atoms with E-state index in [1.807, 2.05) is 30.3 Å². The van der Waals surface area contributed by atoms with Crippen LogP contribution < -0.4 is 4.74 Å². The van der Waals surface area contributed by atoms with Crippen molar-refractivity contribution in [2.24, 2.45) is 0 Å². The predicted octanol–water partition coefficient (Wildman–Crippen LogP) is 6.06. The first kappa shape index (κ1) is 19.2. The van der Waals surface area contributed by atoms with Crippen molar-refractivity contribution < 1.29 is 14.3 Å². The van der Waals surface area contributed by atoms with Crippen molar-refractivity contribution in [1.29, 1.82) is 0 Å². The van der Waals surface area contributed by atoms with Gasteiger partial charge in [-0.2, -0.15) is 0 Å². The fraction of sp³-hybridized carbons (Fsp3) is 0.524. The Morgan fingerprint density at radius 3 is 2.48 bits per heavy atom. The summed E-state index contributed by atoms with van der Waals surface area (Å²) in [5, 5.41) is 0.832. The lowest BCUT2D eigenvalue weighted by atomic mass is 10.1. The van der Waals surface area contributed by atoms with E-state index in [2.05, 4.69) is 6.92 Å². The van der Waals surface area contributed by atoms with Crippen LogP contribution >= 0.6 is 0 Å². The second-order valence-corrected chi connectivity index (χ2v) is 6.29. The largest absolute Gasteiger partial charge is 0.513 e. The number of hydrogen-bond acceptors (Lipinski definition) is 4. The first-order valence-corrected chi connectivity index (χ1v) is 9.47. The maximum Gasteiger partial charge on any atom is 0.513 e. The molecule has 136 valence electrons. The monoisotopic (exact) mass is 343 g/mol. The van der Waals surface area contributed by atoms with Crippen molar-refractivity contribution in [2.75, 3.05) is 6.61 Å². The van der Waals surface area contributed by atoms with E-state index in [0.717, 1.165) is 29.4 Å². The number of aromatic nitrogens is 1. The topological polar surface area (TPSA) is 48.4 Å². The molecule has 25 heavy (non-hydrogen) atoms. The molecule has 0 atom stereocenters. The number of unbranched alkanes of at least 4 members (excludes halogenated alkanes) is 6. The van der Waals surface area contributed by atoms with E-state index in [9.17, 15) is 4.79 Å². The van der Waals surface area contributed by atoms with Crippen LogP contribution in [0, 0.1) is 0 Å². The summed E-state index contributed by atoms with van der Waals surface area (Å²) in [6.45, 7) is 4.30. The molecule has 0 N–H and O–H groups in total. The number of carbonyl (C=O) groups is 1. The van der Waals surface area contributed by atoms with E-state index < -0.39 is 6.16 Å².